The molecule has 1 amide bonds. The van der Waals surface area contributed by atoms with E-state index in [1.807, 2.05) is 27.7 Å². The standard InChI is InChI=1S/C16H20N4O2S2/c1-9-6-17-14(24-9)19-13(22)10-7-20-12(21)5-11(16(2,3)4)18-15(20)23-8-10/h5-6,10H,7-8H2,1-4H3,(H,17,19,22). The molecule has 3 heterocycles. The third kappa shape index (κ3) is 3.54. The molecule has 0 fully saturated rings. The maximum absolute atomic E-state index is 12.4. The molecule has 128 valence electrons. The number of amides is 1. The highest BCUT2D eigenvalue weighted by Gasteiger charge is 2.29. The van der Waals surface area contributed by atoms with Crippen LogP contribution >= 0.6 is 23.1 Å². The van der Waals surface area contributed by atoms with Crippen molar-refractivity contribution in [3.63, 3.8) is 0 Å². The van der Waals surface area contributed by atoms with Gasteiger partial charge in [-0.1, -0.05) is 32.5 Å². The van der Waals surface area contributed by atoms with Crippen LogP contribution in [-0.2, 0) is 16.8 Å². The van der Waals surface area contributed by atoms with E-state index < -0.39 is 0 Å². The number of anilines is 1. The lowest BCUT2D eigenvalue weighted by atomic mass is 9.92. The number of thioether (sulfide) groups is 1. The molecule has 0 spiro atoms. The van der Waals surface area contributed by atoms with Gasteiger partial charge in [0.05, 0.1) is 11.6 Å². The van der Waals surface area contributed by atoms with Gasteiger partial charge in [-0.05, 0) is 6.92 Å². The first-order chi connectivity index (χ1) is 11.2. The smallest absolute Gasteiger partial charge is 0.254 e. The average Bonchev–Trinajstić information content (AvgIpc) is 2.91. The summed E-state index contributed by atoms with van der Waals surface area (Å²) in [4.78, 5) is 34.7. The Kier molecular flexibility index (Phi) is 4.52. The Labute approximate surface area is 148 Å². The second-order valence-electron chi connectivity index (χ2n) is 6.90. The van der Waals surface area contributed by atoms with E-state index in [1.54, 1.807) is 16.8 Å². The van der Waals surface area contributed by atoms with Gasteiger partial charge in [0.2, 0.25) is 5.91 Å². The zero-order valence-electron chi connectivity index (χ0n) is 14.1. The Bertz CT molecular complexity index is 835. The molecule has 0 radical (unpaired) electrons. The summed E-state index contributed by atoms with van der Waals surface area (Å²) in [6, 6.07) is 1.58. The van der Waals surface area contributed by atoms with Crippen molar-refractivity contribution in [2.24, 2.45) is 5.92 Å². The number of aryl methyl sites for hydroxylation is 1. The van der Waals surface area contributed by atoms with E-state index >= 15 is 0 Å². The Morgan fingerprint density at radius 2 is 2.17 bits per heavy atom. The molecule has 0 bridgehead atoms. The van der Waals surface area contributed by atoms with Crippen LogP contribution in [0.5, 0.6) is 0 Å². The third-order valence-electron chi connectivity index (χ3n) is 3.78. The molecule has 1 aliphatic rings. The first-order valence-corrected chi connectivity index (χ1v) is 9.53. The van der Waals surface area contributed by atoms with Gasteiger partial charge in [0.15, 0.2) is 10.3 Å². The second kappa shape index (κ2) is 6.33. The Balaban J connectivity index is 1.79. The van der Waals surface area contributed by atoms with Crippen LogP contribution in [-0.4, -0.2) is 26.2 Å². The van der Waals surface area contributed by atoms with Crippen molar-refractivity contribution in [3.05, 3.63) is 33.2 Å². The number of nitrogens with zero attached hydrogens (tertiary/aromatic N) is 3. The van der Waals surface area contributed by atoms with Gasteiger partial charge in [0.1, 0.15) is 0 Å². The van der Waals surface area contributed by atoms with E-state index in [2.05, 4.69) is 15.3 Å². The second-order valence-corrected chi connectivity index (χ2v) is 9.12. The number of thiazole rings is 1. The lowest BCUT2D eigenvalue weighted by Gasteiger charge is -2.26. The van der Waals surface area contributed by atoms with Crippen LogP contribution in [0.2, 0.25) is 0 Å². The average molecular weight is 364 g/mol. The van der Waals surface area contributed by atoms with Gasteiger partial charge >= 0.3 is 0 Å². The summed E-state index contributed by atoms with van der Waals surface area (Å²) < 4.78 is 1.60. The van der Waals surface area contributed by atoms with Crippen molar-refractivity contribution in [3.8, 4) is 0 Å². The molecule has 1 aliphatic heterocycles. The summed E-state index contributed by atoms with van der Waals surface area (Å²) in [6.07, 6.45) is 1.73. The molecule has 1 atom stereocenters. The van der Waals surface area contributed by atoms with Crippen LogP contribution in [0.25, 0.3) is 0 Å². The highest BCUT2D eigenvalue weighted by atomic mass is 32.2. The van der Waals surface area contributed by atoms with Gasteiger partial charge in [-0.25, -0.2) is 9.97 Å². The number of nitrogens with one attached hydrogen (secondary N) is 1. The molecule has 2 aromatic heterocycles. The van der Waals surface area contributed by atoms with Crippen molar-refractivity contribution in [1.29, 1.82) is 0 Å². The molecule has 1 N–H and O–H groups in total. The summed E-state index contributed by atoms with van der Waals surface area (Å²) in [6.45, 7) is 8.40. The number of hydrogen-bond acceptors (Lipinski definition) is 6. The summed E-state index contributed by atoms with van der Waals surface area (Å²) in [7, 11) is 0. The van der Waals surface area contributed by atoms with Gasteiger partial charge in [0.25, 0.3) is 5.56 Å². The van der Waals surface area contributed by atoms with Gasteiger partial charge < -0.3 is 5.32 Å². The summed E-state index contributed by atoms with van der Waals surface area (Å²) in [5.74, 6) is 0.233. The number of rotatable bonds is 2. The van der Waals surface area contributed by atoms with E-state index in [1.165, 1.54) is 23.1 Å². The van der Waals surface area contributed by atoms with Crippen molar-refractivity contribution < 1.29 is 4.79 Å². The number of hydrogen-bond donors (Lipinski definition) is 1. The fourth-order valence-corrected chi connectivity index (χ4v) is 4.13. The van der Waals surface area contributed by atoms with E-state index in [4.69, 9.17) is 0 Å². The van der Waals surface area contributed by atoms with E-state index in [0.29, 0.717) is 22.6 Å². The van der Waals surface area contributed by atoms with Crippen molar-refractivity contribution in [2.75, 3.05) is 11.1 Å². The fraction of sp³-hybridized carbons (Fsp3) is 0.500. The Morgan fingerprint density at radius 3 is 2.79 bits per heavy atom. The third-order valence-corrected chi connectivity index (χ3v) is 5.75. The predicted molar refractivity (Wildman–Crippen MR) is 96.9 cm³/mol. The molecule has 1 unspecified atom stereocenters. The SMILES string of the molecule is Cc1cnc(NC(=O)C2CSc3nc(C(C)(C)C)cc(=O)n3C2)s1. The number of carbonyl (C=O) groups excluding carboxylic acids is 1. The minimum atomic E-state index is -0.272. The van der Waals surface area contributed by atoms with Crippen LogP contribution in [0.4, 0.5) is 5.13 Å². The van der Waals surface area contributed by atoms with Crippen LogP contribution in [0, 0.1) is 12.8 Å². The lowest BCUT2D eigenvalue weighted by molar-refractivity contribution is -0.119. The number of carbonyl (C=O) groups is 1. The largest absolute Gasteiger partial charge is 0.302 e. The van der Waals surface area contributed by atoms with Crippen LogP contribution in [0.1, 0.15) is 31.3 Å². The first-order valence-electron chi connectivity index (χ1n) is 7.72. The summed E-state index contributed by atoms with van der Waals surface area (Å²) in [5, 5.41) is 4.13. The maximum Gasteiger partial charge on any atom is 0.254 e. The van der Waals surface area contributed by atoms with Crippen molar-refractivity contribution in [1.82, 2.24) is 14.5 Å². The molecule has 0 aliphatic carbocycles. The van der Waals surface area contributed by atoms with Gasteiger partial charge in [0, 0.05) is 34.9 Å². The number of fused-ring (bicyclic) bond motifs is 1. The van der Waals surface area contributed by atoms with Gasteiger partial charge in [-0.2, -0.15) is 0 Å². The molecule has 6 nitrogen and oxygen atoms in total. The molecule has 0 aromatic carbocycles. The van der Waals surface area contributed by atoms with E-state index in [9.17, 15) is 9.59 Å². The zero-order valence-corrected chi connectivity index (χ0v) is 15.8. The number of aromatic nitrogens is 3. The Hall–Kier alpha value is -1.67. The quantitative estimate of drug-likeness (QED) is 0.829. The summed E-state index contributed by atoms with van der Waals surface area (Å²) in [5.41, 5.74) is 0.513. The fourth-order valence-electron chi connectivity index (χ4n) is 2.37. The normalized spacial score (nSPS) is 17.4. The minimum absolute atomic E-state index is 0.0972. The molecule has 2 aromatic rings. The lowest BCUT2D eigenvalue weighted by Crippen LogP contribution is -2.37. The molecule has 0 saturated heterocycles. The van der Waals surface area contributed by atoms with E-state index in [0.717, 1.165) is 10.6 Å². The van der Waals surface area contributed by atoms with Crippen LogP contribution < -0.4 is 10.9 Å². The monoisotopic (exact) mass is 364 g/mol. The zero-order chi connectivity index (χ0) is 17.5. The highest BCUT2D eigenvalue weighted by molar-refractivity contribution is 7.99. The molecular weight excluding hydrogens is 344 g/mol. The van der Waals surface area contributed by atoms with E-state index in [-0.39, 0.29) is 22.8 Å². The molecular formula is C16H20N4O2S2. The van der Waals surface area contributed by atoms with Crippen LogP contribution in [0.3, 0.4) is 0 Å². The summed E-state index contributed by atoms with van der Waals surface area (Å²) >= 11 is 2.90. The maximum atomic E-state index is 12.4. The molecule has 8 heteroatoms. The predicted octanol–water partition coefficient (Wildman–Crippen LogP) is 2.67. The topological polar surface area (TPSA) is 76.9 Å². The molecule has 0 saturated carbocycles. The Morgan fingerprint density at radius 1 is 1.42 bits per heavy atom. The van der Waals surface area contributed by atoms with Gasteiger partial charge in [-0.3, -0.25) is 14.2 Å². The van der Waals surface area contributed by atoms with Gasteiger partial charge in [-0.15, -0.1) is 11.3 Å². The molecule has 3 rings (SSSR count). The van der Waals surface area contributed by atoms with Crippen molar-refractivity contribution >= 4 is 34.1 Å². The highest BCUT2D eigenvalue weighted by Crippen LogP contribution is 2.28. The van der Waals surface area contributed by atoms with Crippen LogP contribution in [0.15, 0.2) is 22.2 Å². The molecule has 24 heavy (non-hydrogen) atoms. The minimum Gasteiger partial charge on any atom is -0.302 e. The first kappa shape index (κ1) is 17.2. The van der Waals surface area contributed by atoms with Crippen molar-refractivity contribution in [2.45, 2.75) is 44.8 Å².